The summed E-state index contributed by atoms with van der Waals surface area (Å²) >= 11 is 0. The molecule has 1 N–H and O–H groups in total. The molecule has 0 aromatic heterocycles. The first-order chi connectivity index (χ1) is 17.6. The molecule has 2 aliphatic heterocycles. The average molecular weight is 482 g/mol. The molecule has 3 aromatic rings. The maximum atomic E-state index is 12.4. The van der Waals surface area contributed by atoms with Crippen molar-refractivity contribution in [2.75, 3.05) is 39.7 Å². The number of hydrogen-bond donors (Lipinski definition) is 1. The SMILES string of the molecule is COc1cc2c(cc1OC)C1CN(C)CCC1N=C2c1ccc(NC(=O)C=Cc2ccccc2)cc1. The maximum absolute atomic E-state index is 12.4. The van der Waals surface area contributed by atoms with Crippen LogP contribution < -0.4 is 14.8 Å². The second-order valence-corrected chi connectivity index (χ2v) is 9.31. The van der Waals surface area contributed by atoms with E-state index in [1.807, 2.05) is 60.7 Å². The van der Waals surface area contributed by atoms with Gasteiger partial charge in [-0.2, -0.15) is 0 Å². The Kier molecular flexibility index (Phi) is 6.87. The normalized spacial score (nSPS) is 19.2. The first-order valence-electron chi connectivity index (χ1n) is 12.2. The fourth-order valence-electron chi connectivity index (χ4n) is 5.07. The van der Waals surface area contributed by atoms with Gasteiger partial charge in [-0.05, 0) is 61.5 Å². The fourth-order valence-corrected chi connectivity index (χ4v) is 5.07. The lowest BCUT2D eigenvalue weighted by molar-refractivity contribution is -0.111. The Morgan fingerprint density at radius 3 is 2.47 bits per heavy atom. The van der Waals surface area contributed by atoms with Gasteiger partial charge in [-0.15, -0.1) is 0 Å². The van der Waals surface area contributed by atoms with E-state index in [4.69, 9.17) is 14.5 Å². The first-order valence-corrected chi connectivity index (χ1v) is 12.2. The summed E-state index contributed by atoms with van der Waals surface area (Å²) in [4.78, 5) is 20.0. The Hall–Kier alpha value is -3.90. The number of methoxy groups -OCH3 is 2. The lowest BCUT2D eigenvalue weighted by atomic mass is 9.79. The number of rotatable bonds is 6. The molecule has 0 radical (unpaired) electrons. The summed E-state index contributed by atoms with van der Waals surface area (Å²) in [7, 11) is 5.50. The highest BCUT2D eigenvalue weighted by Crippen LogP contribution is 2.42. The van der Waals surface area contributed by atoms with Gasteiger partial charge in [-0.25, -0.2) is 0 Å². The Balaban J connectivity index is 1.42. The number of likely N-dealkylation sites (N-methyl/N-ethyl adjacent to an activating group) is 1. The number of ether oxygens (including phenoxy) is 2. The van der Waals surface area contributed by atoms with Crippen LogP contribution in [0.4, 0.5) is 5.69 Å². The van der Waals surface area contributed by atoms with Crippen molar-refractivity contribution in [1.29, 1.82) is 0 Å². The highest BCUT2D eigenvalue weighted by atomic mass is 16.5. The highest BCUT2D eigenvalue weighted by molar-refractivity contribution is 6.15. The molecule has 0 spiro atoms. The number of amides is 1. The molecule has 2 atom stereocenters. The van der Waals surface area contributed by atoms with Crippen molar-refractivity contribution in [3.8, 4) is 11.5 Å². The second kappa shape index (κ2) is 10.4. The lowest BCUT2D eigenvalue weighted by Gasteiger charge is -2.39. The van der Waals surface area contributed by atoms with Crippen molar-refractivity contribution in [3.05, 3.63) is 95.1 Å². The van der Waals surface area contributed by atoms with E-state index in [1.54, 1.807) is 26.4 Å². The number of hydrogen-bond acceptors (Lipinski definition) is 5. The minimum atomic E-state index is -0.169. The quantitative estimate of drug-likeness (QED) is 0.504. The first kappa shape index (κ1) is 23.8. The van der Waals surface area contributed by atoms with E-state index in [2.05, 4.69) is 23.3 Å². The molecule has 1 saturated heterocycles. The summed E-state index contributed by atoms with van der Waals surface area (Å²) in [5.74, 6) is 1.59. The van der Waals surface area contributed by atoms with Crippen molar-refractivity contribution in [3.63, 3.8) is 0 Å². The predicted octanol–water partition coefficient (Wildman–Crippen LogP) is 4.99. The molecule has 0 aliphatic carbocycles. The molecule has 0 saturated carbocycles. The molecule has 1 fully saturated rings. The third-order valence-electron chi connectivity index (χ3n) is 6.94. The van der Waals surface area contributed by atoms with E-state index in [0.29, 0.717) is 11.7 Å². The number of likely N-dealkylation sites (tertiary alicyclic amines) is 1. The molecule has 184 valence electrons. The van der Waals surface area contributed by atoms with Crippen LogP contribution in [0.15, 0.2) is 77.8 Å². The van der Waals surface area contributed by atoms with Gasteiger partial charge in [-0.1, -0.05) is 42.5 Å². The number of carbonyl (C=O) groups excluding carboxylic acids is 1. The molecule has 5 rings (SSSR count). The van der Waals surface area contributed by atoms with Crippen molar-refractivity contribution < 1.29 is 14.3 Å². The number of carbonyl (C=O) groups is 1. The molecule has 2 unspecified atom stereocenters. The van der Waals surface area contributed by atoms with Gasteiger partial charge in [-0.3, -0.25) is 9.79 Å². The summed E-state index contributed by atoms with van der Waals surface area (Å²) in [6, 6.07) is 22.0. The molecular weight excluding hydrogens is 450 g/mol. The molecular formula is C30H31N3O3. The van der Waals surface area contributed by atoms with Crippen LogP contribution in [0.25, 0.3) is 6.08 Å². The Bertz CT molecular complexity index is 1300. The van der Waals surface area contributed by atoms with Crippen LogP contribution in [0.2, 0.25) is 0 Å². The number of fused-ring (bicyclic) bond motifs is 3. The van der Waals surface area contributed by atoms with Crippen molar-refractivity contribution in [1.82, 2.24) is 4.90 Å². The lowest BCUT2D eigenvalue weighted by Crippen LogP contribution is -2.41. The summed E-state index contributed by atoms with van der Waals surface area (Å²) in [6.07, 6.45) is 4.36. The fraction of sp³-hybridized carbons (Fsp3) is 0.267. The molecule has 2 aliphatic rings. The zero-order valence-electron chi connectivity index (χ0n) is 20.9. The number of aliphatic imine (C=N–C) groups is 1. The van der Waals surface area contributed by atoms with E-state index >= 15 is 0 Å². The number of nitrogens with one attached hydrogen (secondary N) is 1. The molecule has 0 bridgehead atoms. The van der Waals surface area contributed by atoms with E-state index in [9.17, 15) is 4.79 Å². The maximum Gasteiger partial charge on any atom is 0.248 e. The van der Waals surface area contributed by atoms with Gasteiger partial charge < -0.3 is 19.7 Å². The van der Waals surface area contributed by atoms with Crippen molar-refractivity contribution in [2.24, 2.45) is 4.99 Å². The van der Waals surface area contributed by atoms with Crippen LogP contribution in [0.3, 0.4) is 0 Å². The smallest absolute Gasteiger partial charge is 0.248 e. The van der Waals surface area contributed by atoms with Crippen LogP contribution in [-0.2, 0) is 4.79 Å². The molecule has 36 heavy (non-hydrogen) atoms. The Morgan fingerprint density at radius 2 is 1.75 bits per heavy atom. The van der Waals surface area contributed by atoms with Gasteiger partial charge in [0.2, 0.25) is 5.91 Å². The molecule has 6 heteroatoms. The minimum absolute atomic E-state index is 0.169. The molecule has 6 nitrogen and oxygen atoms in total. The van der Waals surface area contributed by atoms with Gasteiger partial charge in [0.15, 0.2) is 11.5 Å². The Labute approximate surface area is 212 Å². The topological polar surface area (TPSA) is 63.2 Å². The molecule has 3 aromatic carbocycles. The van der Waals surface area contributed by atoms with Crippen LogP contribution in [0.5, 0.6) is 11.5 Å². The predicted molar refractivity (Wildman–Crippen MR) is 144 cm³/mol. The minimum Gasteiger partial charge on any atom is -0.493 e. The van der Waals surface area contributed by atoms with Gasteiger partial charge in [0.1, 0.15) is 0 Å². The van der Waals surface area contributed by atoms with Gasteiger partial charge in [0.05, 0.1) is 26.0 Å². The van der Waals surface area contributed by atoms with Crippen LogP contribution >= 0.6 is 0 Å². The monoisotopic (exact) mass is 481 g/mol. The van der Waals surface area contributed by atoms with Gasteiger partial charge >= 0.3 is 0 Å². The van der Waals surface area contributed by atoms with Crippen LogP contribution in [-0.4, -0.2) is 56.9 Å². The van der Waals surface area contributed by atoms with Crippen LogP contribution in [0, 0.1) is 0 Å². The van der Waals surface area contributed by atoms with Crippen LogP contribution in [0.1, 0.15) is 34.6 Å². The van der Waals surface area contributed by atoms with Crippen molar-refractivity contribution in [2.45, 2.75) is 18.4 Å². The number of anilines is 1. The number of nitrogens with zero attached hydrogens (tertiary/aromatic N) is 2. The largest absolute Gasteiger partial charge is 0.493 e. The number of benzene rings is 3. The summed E-state index contributed by atoms with van der Waals surface area (Å²) in [5, 5.41) is 2.94. The molecule has 2 heterocycles. The Morgan fingerprint density at radius 1 is 1.03 bits per heavy atom. The van der Waals surface area contributed by atoms with E-state index < -0.39 is 0 Å². The van der Waals surface area contributed by atoms with Gasteiger partial charge in [0.25, 0.3) is 0 Å². The van der Waals surface area contributed by atoms with E-state index in [1.165, 1.54) is 5.56 Å². The molecule has 1 amide bonds. The zero-order valence-corrected chi connectivity index (χ0v) is 20.9. The standard InChI is InChI=1S/C30H31N3O3/c1-33-16-15-26-25(19-33)23-17-27(35-2)28(36-3)18-24(23)30(32-26)21-10-12-22(13-11-21)31-29(34)14-9-20-7-5-4-6-8-20/h4-14,17-18,25-26H,15-16,19H2,1-3H3,(H,31,34). The summed E-state index contributed by atoms with van der Waals surface area (Å²) in [6.45, 7) is 1.99. The highest BCUT2D eigenvalue weighted by Gasteiger charge is 2.36. The second-order valence-electron chi connectivity index (χ2n) is 9.31. The zero-order chi connectivity index (χ0) is 25.1. The average Bonchev–Trinajstić information content (AvgIpc) is 2.92. The third kappa shape index (κ3) is 4.90. The third-order valence-corrected chi connectivity index (χ3v) is 6.94. The summed E-state index contributed by atoms with van der Waals surface area (Å²) in [5.41, 5.74) is 6.01. The van der Waals surface area contributed by atoms with E-state index in [0.717, 1.165) is 53.3 Å². The number of piperidine rings is 1. The van der Waals surface area contributed by atoms with E-state index in [-0.39, 0.29) is 11.9 Å². The van der Waals surface area contributed by atoms with Crippen molar-refractivity contribution >= 4 is 23.4 Å². The van der Waals surface area contributed by atoms with Gasteiger partial charge in [0, 0.05) is 35.4 Å². The summed E-state index contributed by atoms with van der Waals surface area (Å²) < 4.78 is 11.2.